The van der Waals surface area contributed by atoms with E-state index in [0.717, 1.165) is 0 Å². The Kier molecular flexibility index (Phi) is 4.68. The fraction of sp³-hybridized carbons (Fsp3) is 0.818. The molecule has 1 aliphatic heterocycles. The van der Waals surface area contributed by atoms with E-state index in [1.54, 1.807) is 6.92 Å². The number of aliphatic hydroxyl groups is 5. The Morgan fingerprint density at radius 3 is 2.60 bits per heavy atom. The maximum atomic E-state index is 9.91. The summed E-state index contributed by atoms with van der Waals surface area (Å²) in [6.07, 6.45) is -5.17. The van der Waals surface area contributed by atoms with Gasteiger partial charge < -0.3 is 30.3 Å². The number of rotatable bonds is 4. The monoisotopic (exact) mass is 289 g/mol. The minimum atomic E-state index is -1.46. The van der Waals surface area contributed by atoms with E-state index in [2.05, 4.69) is 10.3 Å². The first kappa shape index (κ1) is 15.3. The van der Waals surface area contributed by atoms with E-state index >= 15 is 0 Å². The van der Waals surface area contributed by atoms with Gasteiger partial charge in [-0.3, -0.25) is 0 Å². The van der Waals surface area contributed by atoms with Crippen LogP contribution < -0.4 is 0 Å². The van der Waals surface area contributed by atoms with Gasteiger partial charge in [0.2, 0.25) is 0 Å². The van der Waals surface area contributed by atoms with Gasteiger partial charge in [0, 0.05) is 6.42 Å². The molecule has 1 aromatic heterocycles. The van der Waals surface area contributed by atoms with Crippen molar-refractivity contribution in [3.05, 3.63) is 11.9 Å². The highest BCUT2D eigenvalue weighted by molar-refractivity contribution is 4.97. The number of ether oxygens (including phenoxy) is 1. The highest BCUT2D eigenvalue weighted by atomic mass is 16.6. The van der Waals surface area contributed by atoms with E-state index in [-0.39, 0.29) is 6.42 Å². The molecule has 1 aromatic rings. The third kappa shape index (κ3) is 2.97. The first-order valence-corrected chi connectivity index (χ1v) is 6.33. The number of hydrogen-bond donors (Lipinski definition) is 5. The molecule has 1 saturated heterocycles. The zero-order valence-corrected chi connectivity index (χ0v) is 10.9. The molecular weight excluding hydrogens is 270 g/mol. The van der Waals surface area contributed by atoms with Crippen LogP contribution in [0.1, 0.15) is 18.8 Å². The van der Waals surface area contributed by atoms with Gasteiger partial charge in [0.1, 0.15) is 24.4 Å². The first-order valence-electron chi connectivity index (χ1n) is 6.33. The molecule has 1 fully saturated rings. The van der Waals surface area contributed by atoms with Gasteiger partial charge in [0.05, 0.1) is 24.6 Å². The van der Waals surface area contributed by atoms with Gasteiger partial charge in [0.25, 0.3) is 0 Å². The largest absolute Gasteiger partial charge is 0.394 e. The van der Waals surface area contributed by atoms with Crippen molar-refractivity contribution < 1.29 is 30.3 Å². The zero-order valence-electron chi connectivity index (χ0n) is 10.9. The predicted octanol–water partition coefficient (Wildman–Crippen LogP) is -2.83. The van der Waals surface area contributed by atoms with Crippen molar-refractivity contribution in [2.45, 2.75) is 50.1 Å². The standard InChI is InChI=1S/C11H19N3O6/c1-5(16)2-6-3-14(13-12-6)11-10(19)9(18)8(17)7(4-15)20-11/h3,5,7-11,15-19H,2,4H2,1H3/t5?,7-,8+,9+,10-,11-/m1/s1. The van der Waals surface area contributed by atoms with Gasteiger partial charge in [-0.05, 0) is 6.92 Å². The Labute approximate surface area is 115 Å². The summed E-state index contributed by atoms with van der Waals surface area (Å²) in [5, 5.41) is 55.2. The van der Waals surface area contributed by atoms with E-state index in [1.807, 2.05) is 0 Å². The highest BCUT2D eigenvalue weighted by Crippen LogP contribution is 2.27. The Morgan fingerprint density at radius 2 is 2.00 bits per heavy atom. The van der Waals surface area contributed by atoms with Gasteiger partial charge in [-0.1, -0.05) is 5.21 Å². The summed E-state index contributed by atoms with van der Waals surface area (Å²) in [7, 11) is 0. The van der Waals surface area contributed by atoms with E-state index in [9.17, 15) is 20.4 Å². The molecule has 1 aliphatic rings. The summed E-state index contributed by atoms with van der Waals surface area (Å²) in [5.74, 6) is 0. The summed E-state index contributed by atoms with van der Waals surface area (Å²) in [5.41, 5.74) is 0.497. The second kappa shape index (κ2) is 6.12. The summed E-state index contributed by atoms with van der Waals surface area (Å²) in [6, 6.07) is 0. The lowest BCUT2D eigenvalue weighted by molar-refractivity contribution is -0.254. The SMILES string of the molecule is CC(O)Cc1cn([C@@H]2O[C@H](CO)[C@H](O)[C@H](O)[C@H]2O)nn1. The van der Waals surface area contributed by atoms with Crippen molar-refractivity contribution in [2.75, 3.05) is 6.61 Å². The minimum absolute atomic E-state index is 0.289. The van der Waals surface area contributed by atoms with Crippen molar-refractivity contribution in [3.8, 4) is 0 Å². The quantitative estimate of drug-likeness (QED) is 0.399. The van der Waals surface area contributed by atoms with Crippen LogP contribution in [0, 0.1) is 0 Å². The summed E-state index contributed by atoms with van der Waals surface area (Å²) in [6.45, 7) is 1.10. The number of aliphatic hydroxyl groups excluding tert-OH is 5. The molecule has 0 bridgehead atoms. The number of aromatic nitrogens is 3. The van der Waals surface area contributed by atoms with Crippen LogP contribution in [0.25, 0.3) is 0 Å². The Bertz CT molecular complexity index is 438. The lowest BCUT2D eigenvalue weighted by Crippen LogP contribution is -2.56. The Morgan fingerprint density at radius 1 is 1.30 bits per heavy atom. The average molecular weight is 289 g/mol. The van der Waals surface area contributed by atoms with Crippen LogP contribution in [0.3, 0.4) is 0 Å². The maximum absolute atomic E-state index is 9.91. The average Bonchev–Trinajstić information content (AvgIpc) is 2.84. The van der Waals surface area contributed by atoms with Crippen LogP contribution in [-0.2, 0) is 11.2 Å². The van der Waals surface area contributed by atoms with Crippen LogP contribution in [0.2, 0.25) is 0 Å². The molecule has 2 rings (SSSR count). The van der Waals surface area contributed by atoms with E-state index in [1.165, 1.54) is 10.9 Å². The lowest BCUT2D eigenvalue weighted by atomic mass is 9.98. The molecule has 1 unspecified atom stereocenters. The second-order valence-corrected chi connectivity index (χ2v) is 4.96. The Hall–Kier alpha value is -1.10. The first-order chi connectivity index (χ1) is 9.43. The zero-order chi connectivity index (χ0) is 14.9. The molecule has 2 heterocycles. The van der Waals surface area contributed by atoms with Crippen LogP contribution in [0.4, 0.5) is 0 Å². The summed E-state index contributed by atoms with van der Waals surface area (Å²) in [4.78, 5) is 0. The number of hydrogen-bond acceptors (Lipinski definition) is 8. The van der Waals surface area contributed by atoms with E-state index in [4.69, 9.17) is 9.84 Å². The van der Waals surface area contributed by atoms with Crippen LogP contribution in [-0.4, -0.2) is 77.7 Å². The molecule has 9 nitrogen and oxygen atoms in total. The topological polar surface area (TPSA) is 141 Å². The minimum Gasteiger partial charge on any atom is -0.394 e. The van der Waals surface area contributed by atoms with Crippen molar-refractivity contribution >= 4 is 0 Å². The van der Waals surface area contributed by atoms with Gasteiger partial charge in [-0.25, -0.2) is 4.68 Å². The fourth-order valence-corrected chi connectivity index (χ4v) is 2.13. The summed E-state index contributed by atoms with van der Waals surface area (Å²) >= 11 is 0. The van der Waals surface area contributed by atoms with Gasteiger partial charge in [0.15, 0.2) is 6.23 Å². The normalized spacial score (nSPS) is 36.0. The molecule has 0 spiro atoms. The van der Waals surface area contributed by atoms with Crippen LogP contribution in [0.5, 0.6) is 0 Å². The lowest BCUT2D eigenvalue weighted by Gasteiger charge is -2.39. The smallest absolute Gasteiger partial charge is 0.180 e. The number of nitrogens with zero attached hydrogens (tertiary/aromatic N) is 3. The molecular formula is C11H19N3O6. The molecule has 0 aliphatic carbocycles. The predicted molar refractivity (Wildman–Crippen MR) is 64.4 cm³/mol. The molecule has 0 saturated carbocycles. The van der Waals surface area contributed by atoms with Crippen molar-refractivity contribution in [2.24, 2.45) is 0 Å². The summed E-state index contributed by atoms with van der Waals surface area (Å²) < 4.78 is 6.52. The van der Waals surface area contributed by atoms with Crippen molar-refractivity contribution in [3.63, 3.8) is 0 Å². The van der Waals surface area contributed by atoms with Gasteiger partial charge >= 0.3 is 0 Å². The van der Waals surface area contributed by atoms with E-state index < -0.39 is 43.4 Å². The third-order valence-electron chi connectivity index (χ3n) is 3.19. The van der Waals surface area contributed by atoms with Crippen molar-refractivity contribution in [1.29, 1.82) is 0 Å². The van der Waals surface area contributed by atoms with Crippen LogP contribution >= 0.6 is 0 Å². The molecule has 20 heavy (non-hydrogen) atoms. The highest BCUT2D eigenvalue weighted by Gasteiger charge is 2.44. The molecule has 0 aromatic carbocycles. The molecule has 5 N–H and O–H groups in total. The molecule has 6 atom stereocenters. The fourth-order valence-electron chi connectivity index (χ4n) is 2.13. The molecule has 9 heteroatoms. The van der Waals surface area contributed by atoms with E-state index in [0.29, 0.717) is 5.69 Å². The third-order valence-corrected chi connectivity index (χ3v) is 3.19. The molecule has 0 amide bonds. The maximum Gasteiger partial charge on any atom is 0.180 e. The molecule has 114 valence electrons. The molecule has 0 radical (unpaired) electrons. The van der Waals surface area contributed by atoms with Crippen molar-refractivity contribution in [1.82, 2.24) is 15.0 Å². The Balaban J connectivity index is 2.16. The second-order valence-electron chi connectivity index (χ2n) is 4.96. The van der Waals surface area contributed by atoms with Crippen LogP contribution in [0.15, 0.2) is 6.20 Å². The van der Waals surface area contributed by atoms with Gasteiger partial charge in [-0.15, -0.1) is 5.10 Å². The van der Waals surface area contributed by atoms with Gasteiger partial charge in [-0.2, -0.15) is 0 Å².